The number of amides is 1. The summed E-state index contributed by atoms with van der Waals surface area (Å²) in [5.41, 5.74) is -0.0336. The van der Waals surface area contributed by atoms with Gasteiger partial charge in [-0.3, -0.25) is 4.79 Å². The average molecular weight is 333 g/mol. The van der Waals surface area contributed by atoms with Crippen molar-refractivity contribution in [3.05, 3.63) is 33.3 Å². The number of benzene rings is 1. The Balaban J connectivity index is 2.19. The summed E-state index contributed by atoms with van der Waals surface area (Å²) in [6.07, 6.45) is 3.71. The van der Waals surface area contributed by atoms with Gasteiger partial charge >= 0.3 is 0 Å². The summed E-state index contributed by atoms with van der Waals surface area (Å²) in [5, 5.41) is 12.8. The number of halogens is 2. The smallest absolute Gasteiger partial charge is 0.253 e. The molecule has 0 spiro atoms. The molecular formula is C13H15BrClNO2. The molecule has 0 saturated heterocycles. The van der Waals surface area contributed by atoms with Crippen LogP contribution in [0.2, 0.25) is 5.02 Å². The lowest BCUT2D eigenvalue weighted by molar-refractivity contribution is 0.0838. The molecule has 1 aliphatic carbocycles. The van der Waals surface area contributed by atoms with Crippen molar-refractivity contribution >= 4 is 33.4 Å². The number of hydrogen-bond donors (Lipinski definition) is 2. The predicted octanol–water partition coefficient (Wildman–Crippen LogP) is 3.14. The minimum absolute atomic E-state index is 0.0235. The van der Waals surface area contributed by atoms with Gasteiger partial charge in [0.1, 0.15) is 0 Å². The summed E-state index contributed by atoms with van der Waals surface area (Å²) in [4.78, 5) is 12.2. The van der Waals surface area contributed by atoms with Crippen molar-refractivity contribution in [2.75, 3.05) is 6.61 Å². The third-order valence-electron chi connectivity index (χ3n) is 3.44. The Bertz CT molecular complexity index is 458. The minimum atomic E-state index is -0.470. The lowest BCUT2D eigenvalue weighted by atomic mass is 9.98. The molecule has 2 rings (SSSR count). The largest absolute Gasteiger partial charge is 0.394 e. The first kappa shape index (κ1) is 13.8. The lowest BCUT2D eigenvalue weighted by Gasteiger charge is -2.28. The van der Waals surface area contributed by atoms with Gasteiger partial charge < -0.3 is 10.4 Å². The molecule has 0 bridgehead atoms. The number of rotatable bonds is 3. The second-order valence-electron chi connectivity index (χ2n) is 4.70. The molecule has 0 unspecified atom stereocenters. The van der Waals surface area contributed by atoms with E-state index in [0.717, 1.165) is 25.7 Å². The second-order valence-corrected chi connectivity index (χ2v) is 5.93. The van der Waals surface area contributed by atoms with Crippen LogP contribution in [-0.4, -0.2) is 23.2 Å². The monoisotopic (exact) mass is 331 g/mol. The van der Waals surface area contributed by atoms with E-state index >= 15 is 0 Å². The van der Waals surface area contributed by atoms with Crippen molar-refractivity contribution in [1.82, 2.24) is 5.32 Å². The summed E-state index contributed by atoms with van der Waals surface area (Å²) < 4.78 is 0.696. The maximum atomic E-state index is 12.2. The maximum absolute atomic E-state index is 12.2. The molecule has 0 heterocycles. The highest BCUT2D eigenvalue weighted by molar-refractivity contribution is 9.10. The lowest BCUT2D eigenvalue weighted by Crippen LogP contribution is -2.49. The van der Waals surface area contributed by atoms with Crippen molar-refractivity contribution in [1.29, 1.82) is 0 Å². The van der Waals surface area contributed by atoms with Gasteiger partial charge in [-0.05, 0) is 40.9 Å². The molecular weight excluding hydrogens is 318 g/mol. The van der Waals surface area contributed by atoms with E-state index in [4.69, 9.17) is 11.6 Å². The first-order valence-corrected chi connectivity index (χ1v) is 7.12. The van der Waals surface area contributed by atoms with Gasteiger partial charge in [-0.2, -0.15) is 0 Å². The molecule has 1 aromatic carbocycles. The van der Waals surface area contributed by atoms with Crippen LogP contribution in [0.15, 0.2) is 22.7 Å². The molecule has 1 aromatic rings. The zero-order valence-electron chi connectivity index (χ0n) is 9.88. The zero-order chi connectivity index (χ0) is 13.2. The molecule has 3 nitrogen and oxygen atoms in total. The molecule has 5 heteroatoms. The number of carbonyl (C=O) groups is 1. The van der Waals surface area contributed by atoms with Gasteiger partial charge in [0.15, 0.2) is 0 Å². The van der Waals surface area contributed by atoms with Gasteiger partial charge in [-0.25, -0.2) is 0 Å². The Morgan fingerprint density at radius 1 is 1.44 bits per heavy atom. The highest BCUT2D eigenvalue weighted by Gasteiger charge is 2.35. The van der Waals surface area contributed by atoms with Crippen molar-refractivity contribution in [2.45, 2.75) is 31.2 Å². The van der Waals surface area contributed by atoms with Gasteiger partial charge in [0.2, 0.25) is 0 Å². The van der Waals surface area contributed by atoms with Crippen molar-refractivity contribution in [2.24, 2.45) is 0 Å². The van der Waals surface area contributed by atoms with Gasteiger partial charge in [0.05, 0.1) is 22.7 Å². The molecule has 1 fully saturated rings. The van der Waals surface area contributed by atoms with Gasteiger partial charge in [0.25, 0.3) is 5.91 Å². The fourth-order valence-corrected chi connectivity index (χ4v) is 2.94. The molecule has 0 radical (unpaired) electrons. The Hall–Kier alpha value is -0.580. The fourth-order valence-electron chi connectivity index (χ4n) is 2.36. The fraction of sp³-hybridized carbons (Fsp3) is 0.462. The van der Waals surface area contributed by atoms with Crippen LogP contribution in [0.1, 0.15) is 36.0 Å². The molecule has 1 aliphatic rings. The maximum Gasteiger partial charge on any atom is 0.253 e. The van der Waals surface area contributed by atoms with E-state index in [1.54, 1.807) is 18.2 Å². The Labute approximate surface area is 120 Å². The van der Waals surface area contributed by atoms with Gasteiger partial charge in [-0.15, -0.1) is 0 Å². The molecule has 1 saturated carbocycles. The number of aliphatic hydroxyl groups excluding tert-OH is 1. The van der Waals surface area contributed by atoms with E-state index in [0.29, 0.717) is 15.1 Å². The first-order chi connectivity index (χ1) is 8.58. The summed E-state index contributed by atoms with van der Waals surface area (Å²) in [6.45, 7) is -0.0235. The minimum Gasteiger partial charge on any atom is -0.394 e. The van der Waals surface area contributed by atoms with E-state index in [9.17, 15) is 9.90 Å². The molecule has 2 N–H and O–H groups in total. The summed E-state index contributed by atoms with van der Waals surface area (Å²) >= 11 is 9.39. The van der Waals surface area contributed by atoms with E-state index in [2.05, 4.69) is 21.2 Å². The third-order valence-corrected chi connectivity index (χ3v) is 4.73. The van der Waals surface area contributed by atoms with Crippen LogP contribution in [-0.2, 0) is 0 Å². The predicted molar refractivity (Wildman–Crippen MR) is 74.9 cm³/mol. The molecule has 18 heavy (non-hydrogen) atoms. The topological polar surface area (TPSA) is 49.3 Å². The number of carbonyl (C=O) groups excluding carboxylic acids is 1. The highest BCUT2D eigenvalue weighted by Crippen LogP contribution is 2.31. The molecule has 98 valence electrons. The third kappa shape index (κ3) is 2.71. The molecule has 0 atom stereocenters. The number of aliphatic hydroxyl groups is 1. The van der Waals surface area contributed by atoms with Crippen molar-refractivity contribution in [3.63, 3.8) is 0 Å². The number of hydrogen-bond acceptors (Lipinski definition) is 2. The summed E-state index contributed by atoms with van der Waals surface area (Å²) in [7, 11) is 0. The average Bonchev–Trinajstić information content (AvgIpc) is 2.81. The Morgan fingerprint density at radius 2 is 2.11 bits per heavy atom. The normalized spacial score (nSPS) is 17.7. The van der Waals surface area contributed by atoms with E-state index in [-0.39, 0.29) is 12.5 Å². The van der Waals surface area contributed by atoms with Crippen LogP contribution in [0, 0.1) is 0 Å². The second kappa shape index (κ2) is 5.59. The van der Waals surface area contributed by atoms with Crippen LogP contribution in [0.4, 0.5) is 0 Å². The number of nitrogens with one attached hydrogen (secondary N) is 1. The standard InChI is InChI=1S/C13H15BrClNO2/c14-10-5-3-4-9(11(10)15)12(18)16-13(8-17)6-1-2-7-13/h3-5,17H,1-2,6-8H2,(H,16,18). The summed E-state index contributed by atoms with van der Waals surface area (Å²) in [5.74, 6) is -0.225. The SMILES string of the molecule is O=C(NC1(CO)CCCC1)c1cccc(Br)c1Cl. The van der Waals surface area contributed by atoms with Crippen LogP contribution in [0.25, 0.3) is 0 Å². The van der Waals surface area contributed by atoms with E-state index in [1.807, 2.05) is 0 Å². The zero-order valence-corrected chi connectivity index (χ0v) is 12.2. The van der Waals surface area contributed by atoms with Crippen molar-refractivity contribution < 1.29 is 9.90 Å². The van der Waals surface area contributed by atoms with E-state index in [1.165, 1.54) is 0 Å². The van der Waals surface area contributed by atoms with Crippen LogP contribution in [0.3, 0.4) is 0 Å². The van der Waals surface area contributed by atoms with Crippen LogP contribution >= 0.6 is 27.5 Å². The molecule has 0 aromatic heterocycles. The quantitative estimate of drug-likeness (QED) is 0.893. The summed E-state index contributed by atoms with van der Waals surface area (Å²) in [6, 6.07) is 5.24. The van der Waals surface area contributed by atoms with Crippen LogP contribution < -0.4 is 5.32 Å². The van der Waals surface area contributed by atoms with Crippen LogP contribution in [0.5, 0.6) is 0 Å². The van der Waals surface area contributed by atoms with Gasteiger partial charge in [-0.1, -0.05) is 30.5 Å². The highest BCUT2D eigenvalue weighted by atomic mass is 79.9. The van der Waals surface area contributed by atoms with Gasteiger partial charge in [0, 0.05) is 4.47 Å². The van der Waals surface area contributed by atoms with Crippen molar-refractivity contribution in [3.8, 4) is 0 Å². The first-order valence-electron chi connectivity index (χ1n) is 5.95. The molecule has 0 aliphatic heterocycles. The Morgan fingerprint density at radius 3 is 2.72 bits per heavy atom. The van der Waals surface area contributed by atoms with E-state index < -0.39 is 5.54 Å². The Kier molecular flexibility index (Phi) is 4.30. The molecule has 1 amide bonds.